The maximum Gasteiger partial charge on any atom is 0.295 e. The summed E-state index contributed by atoms with van der Waals surface area (Å²) in [6, 6.07) is 9.40. The first-order valence-corrected chi connectivity index (χ1v) is 10.7. The fourth-order valence-electron chi connectivity index (χ4n) is 4.06. The van der Waals surface area contributed by atoms with Crippen molar-refractivity contribution in [1.29, 1.82) is 0 Å². The molecule has 2 fully saturated rings. The van der Waals surface area contributed by atoms with E-state index in [9.17, 15) is 14.7 Å². The smallest absolute Gasteiger partial charge is 0.295 e. The SMILES string of the molecule is O=C1C(=O)N(CCCN2CCOCC2)C(c2ccncc2)/C1=C(/O)c1ccc(Cl)cc1. The fraction of sp³-hybridized carbons (Fsp3) is 0.348. The van der Waals surface area contributed by atoms with E-state index in [1.54, 1.807) is 53.7 Å². The Bertz CT molecular complexity index is 972. The van der Waals surface area contributed by atoms with Gasteiger partial charge in [0, 0.05) is 49.2 Å². The number of Topliss-reactive ketones (excluding diaryl/α,β-unsaturated/α-hetero) is 1. The highest BCUT2D eigenvalue weighted by Gasteiger charge is 2.45. The van der Waals surface area contributed by atoms with Crippen molar-refractivity contribution in [3.63, 3.8) is 0 Å². The van der Waals surface area contributed by atoms with Crippen molar-refractivity contribution in [2.45, 2.75) is 12.5 Å². The van der Waals surface area contributed by atoms with Crippen LogP contribution in [-0.2, 0) is 14.3 Å². The number of likely N-dealkylation sites (tertiary alicyclic amines) is 1. The van der Waals surface area contributed by atoms with Gasteiger partial charge in [0.15, 0.2) is 0 Å². The van der Waals surface area contributed by atoms with Gasteiger partial charge in [-0.15, -0.1) is 0 Å². The van der Waals surface area contributed by atoms with Crippen molar-refractivity contribution in [2.24, 2.45) is 0 Å². The highest BCUT2D eigenvalue weighted by atomic mass is 35.5. The fourth-order valence-corrected chi connectivity index (χ4v) is 4.18. The van der Waals surface area contributed by atoms with Crippen LogP contribution >= 0.6 is 11.6 Å². The molecule has 0 spiro atoms. The second-order valence-electron chi connectivity index (χ2n) is 7.59. The van der Waals surface area contributed by atoms with E-state index >= 15 is 0 Å². The lowest BCUT2D eigenvalue weighted by molar-refractivity contribution is -0.140. The van der Waals surface area contributed by atoms with Crippen LogP contribution in [0, 0.1) is 0 Å². The minimum absolute atomic E-state index is 0.0879. The molecule has 0 bridgehead atoms. The van der Waals surface area contributed by atoms with E-state index in [-0.39, 0.29) is 11.3 Å². The number of aliphatic hydroxyl groups excluding tert-OH is 1. The molecule has 7 nitrogen and oxygen atoms in total. The highest BCUT2D eigenvalue weighted by molar-refractivity contribution is 6.46. The first-order chi connectivity index (χ1) is 15.1. The quantitative estimate of drug-likeness (QED) is 0.421. The van der Waals surface area contributed by atoms with Crippen molar-refractivity contribution in [3.8, 4) is 0 Å². The molecule has 2 aliphatic heterocycles. The molecule has 0 radical (unpaired) electrons. The van der Waals surface area contributed by atoms with Gasteiger partial charge in [0.2, 0.25) is 0 Å². The van der Waals surface area contributed by atoms with E-state index in [2.05, 4.69) is 9.88 Å². The molecule has 2 aromatic rings. The summed E-state index contributed by atoms with van der Waals surface area (Å²) in [4.78, 5) is 33.8. The topological polar surface area (TPSA) is 83.0 Å². The number of rotatable bonds is 6. The third-order valence-electron chi connectivity index (χ3n) is 5.66. The average molecular weight is 442 g/mol. The summed E-state index contributed by atoms with van der Waals surface area (Å²) >= 11 is 5.95. The van der Waals surface area contributed by atoms with Crippen LogP contribution in [0.1, 0.15) is 23.6 Å². The number of hydrogen-bond donors (Lipinski definition) is 1. The predicted molar refractivity (Wildman–Crippen MR) is 117 cm³/mol. The van der Waals surface area contributed by atoms with Crippen LogP contribution in [0.15, 0.2) is 54.4 Å². The Labute approximate surface area is 185 Å². The van der Waals surface area contributed by atoms with Gasteiger partial charge in [-0.1, -0.05) is 11.6 Å². The van der Waals surface area contributed by atoms with E-state index < -0.39 is 17.7 Å². The molecule has 2 aliphatic rings. The minimum Gasteiger partial charge on any atom is -0.507 e. The highest BCUT2D eigenvalue weighted by Crippen LogP contribution is 2.39. The number of pyridine rings is 1. The van der Waals surface area contributed by atoms with Crippen molar-refractivity contribution in [2.75, 3.05) is 39.4 Å². The number of aliphatic hydroxyl groups is 1. The van der Waals surface area contributed by atoms with Gasteiger partial charge < -0.3 is 14.7 Å². The van der Waals surface area contributed by atoms with Crippen molar-refractivity contribution in [3.05, 3.63) is 70.5 Å². The monoisotopic (exact) mass is 441 g/mol. The van der Waals surface area contributed by atoms with Crippen molar-refractivity contribution >= 4 is 29.1 Å². The number of halogens is 1. The maximum atomic E-state index is 13.0. The Morgan fingerprint density at radius 3 is 2.42 bits per heavy atom. The first kappa shape index (κ1) is 21.5. The average Bonchev–Trinajstić information content (AvgIpc) is 3.05. The van der Waals surface area contributed by atoms with Gasteiger partial charge >= 0.3 is 0 Å². The molecule has 1 N–H and O–H groups in total. The van der Waals surface area contributed by atoms with Crippen LogP contribution < -0.4 is 0 Å². The lowest BCUT2D eigenvalue weighted by Crippen LogP contribution is -2.38. The Morgan fingerprint density at radius 2 is 1.74 bits per heavy atom. The third kappa shape index (κ3) is 4.63. The summed E-state index contributed by atoms with van der Waals surface area (Å²) in [7, 11) is 0. The number of nitrogens with zero attached hydrogens (tertiary/aromatic N) is 3. The Balaban J connectivity index is 1.64. The van der Waals surface area contributed by atoms with Crippen molar-refractivity contribution < 1.29 is 19.4 Å². The van der Waals surface area contributed by atoms with E-state index in [1.165, 1.54) is 0 Å². The molecule has 8 heteroatoms. The Morgan fingerprint density at radius 1 is 1.06 bits per heavy atom. The van der Waals surface area contributed by atoms with Crippen LogP contribution in [0.25, 0.3) is 5.76 Å². The molecule has 1 amide bonds. The van der Waals surface area contributed by atoms with E-state index in [0.29, 0.717) is 30.3 Å². The number of ether oxygens (including phenoxy) is 1. The molecular weight excluding hydrogens is 418 g/mol. The first-order valence-electron chi connectivity index (χ1n) is 10.3. The molecular formula is C23H24ClN3O4. The number of hydrogen-bond acceptors (Lipinski definition) is 6. The van der Waals surface area contributed by atoms with Crippen molar-refractivity contribution in [1.82, 2.24) is 14.8 Å². The van der Waals surface area contributed by atoms with Gasteiger partial charge in [-0.2, -0.15) is 0 Å². The zero-order valence-electron chi connectivity index (χ0n) is 17.0. The number of carbonyl (C=O) groups excluding carboxylic acids is 2. The molecule has 3 heterocycles. The van der Waals surface area contributed by atoms with Crippen LogP contribution in [-0.4, -0.2) is 71.0 Å². The van der Waals surface area contributed by atoms with Crippen LogP contribution in [0.2, 0.25) is 5.02 Å². The molecule has 1 aromatic carbocycles. The zero-order chi connectivity index (χ0) is 21.8. The minimum atomic E-state index is -0.680. The Kier molecular flexibility index (Phi) is 6.65. The molecule has 1 unspecified atom stereocenters. The second-order valence-corrected chi connectivity index (χ2v) is 8.02. The molecule has 0 saturated carbocycles. The molecule has 2 saturated heterocycles. The summed E-state index contributed by atoms with van der Waals surface area (Å²) in [5.41, 5.74) is 1.26. The van der Waals surface area contributed by atoms with Gasteiger partial charge in [-0.25, -0.2) is 0 Å². The zero-order valence-corrected chi connectivity index (χ0v) is 17.8. The van der Waals surface area contributed by atoms with Gasteiger partial charge in [0.05, 0.1) is 24.8 Å². The van der Waals surface area contributed by atoms with E-state index in [4.69, 9.17) is 16.3 Å². The molecule has 4 rings (SSSR count). The van der Waals surface area contributed by atoms with Gasteiger partial charge in [-0.05, 0) is 48.4 Å². The standard InChI is InChI=1S/C23H24ClN3O4/c24-18-4-2-17(3-5-18)21(28)19-20(16-6-8-25-9-7-16)27(23(30)22(19)29)11-1-10-26-12-14-31-15-13-26/h2-9,20,28H,1,10-15H2/b21-19-. The number of amides is 1. The molecule has 1 aromatic heterocycles. The number of benzene rings is 1. The number of morpholine rings is 1. The number of aromatic nitrogens is 1. The van der Waals surface area contributed by atoms with Crippen LogP contribution in [0.3, 0.4) is 0 Å². The molecule has 31 heavy (non-hydrogen) atoms. The van der Waals surface area contributed by atoms with Gasteiger partial charge in [0.25, 0.3) is 11.7 Å². The lowest BCUT2D eigenvalue weighted by Gasteiger charge is -2.29. The lowest BCUT2D eigenvalue weighted by atomic mass is 9.96. The van der Waals surface area contributed by atoms with Gasteiger partial charge in [-0.3, -0.25) is 19.5 Å². The maximum absolute atomic E-state index is 13.0. The summed E-state index contributed by atoms with van der Waals surface area (Å²) in [6.07, 6.45) is 3.95. The van der Waals surface area contributed by atoms with Gasteiger partial charge in [0.1, 0.15) is 5.76 Å². The van der Waals surface area contributed by atoms with Crippen LogP contribution in [0.4, 0.5) is 0 Å². The summed E-state index contributed by atoms with van der Waals surface area (Å²) in [5.74, 6) is -1.48. The molecule has 162 valence electrons. The Hall–Kier alpha value is -2.74. The number of ketones is 1. The van der Waals surface area contributed by atoms with E-state index in [0.717, 1.165) is 31.6 Å². The summed E-state index contributed by atoms with van der Waals surface area (Å²) < 4.78 is 5.38. The molecule has 1 atom stereocenters. The molecule has 0 aliphatic carbocycles. The summed E-state index contributed by atoms with van der Waals surface area (Å²) in [6.45, 7) is 4.37. The largest absolute Gasteiger partial charge is 0.507 e. The number of carbonyl (C=O) groups is 2. The van der Waals surface area contributed by atoms with E-state index in [1.807, 2.05) is 0 Å². The van der Waals surface area contributed by atoms with Crippen LogP contribution in [0.5, 0.6) is 0 Å². The second kappa shape index (κ2) is 9.60. The third-order valence-corrected chi connectivity index (χ3v) is 5.91. The summed E-state index contributed by atoms with van der Waals surface area (Å²) in [5, 5.41) is 11.5. The predicted octanol–water partition coefficient (Wildman–Crippen LogP) is 2.88. The normalized spacial score (nSPS) is 21.6.